The Morgan fingerprint density at radius 2 is 2.03 bits per heavy atom. The van der Waals surface area contributed by atoms with Crippen LogP contribution >= 0.6 is 22.9 Å². The van der Waals surface area contributed by atoms with Gasteiger partial charge in [-0.25, -0.2) is 0 Å². The second kappa shape index (κ2) is 10.2. The molecule has 0 radical (unpaired) electrons. The molecular formula is C20H21ClN4O3S. The molecule has 0 atom stereocenters. The molecule has 0 saturated heterocycles. The van der Waals surface area contributed by atoms with Crippen LogP contribution in [0.2, 0.25) is 5.02 Å². The van der Waals surface area contributed by atoms with Gasteiger partial charge in [0.15, 0.2) is 0 Å². The van der Waals surface area contributed by atoms with E-state index in [9.17, 15) is 9.59 Å². The largest absolute Gasteiger partial charge is 0.350 e. The van der Waals surface area contributed by atoms with Crippen molar-refractivity contribution >= 4 is 34.8 Å². The van der Waals surface area contributed by atoms with E-state index in [4.69, 9.17) is 16.1 Å². The summed E-state index contributed by atoms with van der Waals surface area (Å²) in [5, 5.41) is 9.33. The number of halogens is 1. The van der Waals surface area contributed by atoms with Crippen molar-refractivity contribution in [1.29, 1.82) is 0 Å². The maximum Gasteiger partial charge on any atom is 0.239 e. The number of aromatic nitrogens is 2. The lowest BCUT2D eigenvalue weighted by Gasteiger charge is -2.20. The van der Waals surface area contributed by atoms with Gasteiger partial charge in [-0.1, -0.05) is 35.0 Å². The molecule has 0 aliphatic carbocycles. The van der Waals surface area contributed by atoms with E-state index in [1.54, 1.807) is 12.1 Å². The SMILES string of the molecule is CCN(CC(=O)NCc1ccc(Cl)cc1)C(=O)CCc1nc(-c2cccs2)no1. The molecule has 29 heavy (non-hydrogen) atoms. The Kier molecular flexibility index (Phi) is 7.37. The summed E-state index contributed by atoms with van der Waals surface area (Å²) in [6.45, 7) is 2.67. The number of aryl methyl sites for hydroxylation is 1. The highest BCUT2D eigenvalue weighted by Crippen LogP contribution is 2.21. The zero-order valence-electron chi connectivity index (χ0n) is 15.9. The Balaban J connectivity index is 1.45. The fourth-order valence-electron chi connectivity index (χ4n) is 2.64. The van der Waals surface area contributed by atoms with Gasteiger partial charge < -0.3 is 14.7 Å². The van der Waals surface area contributed by atoms with Crippen LogP contribution in [-0.4, -0.2) is 39.9 Å². The quantitative estimate of drug-likeness (QED) is 0.558. The number of hydrogen-bond acceptors (Lipinski definition) is 6. The highest BCUT2D eigenvalue weighted by molar-refractivity contribution is 7.13. The van der Waals surface area contributed by atoms with Gasteiger partial charge in [0.05, 0.1) is 11.4 Å². The third kappa shape index (κ3) is 6.13. The maximum atomic E-state index is 12.5. The van der Waals surface area contributed by atoms with Crippen molar-refractivity contribution < 1.29 is 14.1 Å². The first-order valence-electron chi connectivity index (χ1n) is 9.20. The fourth-order valence-corrected chi connectivity index (χ4v) is 3.42. The van der Waals surface area contributed by atoms with Crippen LogP contribution in [0, 0.1) is 0 Å². The van der Waals surface area contributed by atoms with Gasteiger partial charge in [0.25, 0.3) is 0 Å². The van der Waals surface area contributed by atoms with Crippen LogP contribution in [0.5, 0.6) is 0 Å². The van der Waals surface area contributed by atoms with E-state index in [1.807, 2.05) is 36.6 Å². The Morgan fingerprint density at radius 3 is 2.72 bits per heavy atom. The lowest BCUT2D eigenvalue weighted by Crippen LogP contribution is -2.40. The van der Waals surface area contributed by atoms with Gasteiger partial charge in [0.2, 0.25) is 23.5 Å². The van der Waals surface area contributed by atoms with Gasteiger partial charge >= 0.3 is 0 Å². The minimum Gasteiger partial charge on any atom is -0.350 e. The predicted octanol–water partition coefficient (Wildman–Crippen LogP) is 3.55. The van der Waals surface area contributed by atoms with E-state index >= 15 is 0 Å². The summed E-state index contributed by atoms with van der Waals surface area (Å²) in [4.78, 5) is 31.4. The van der Waals surface area contributed by atoms with Crippen LogP contribution < -0.4 is 5.32 Å². The molecule has 0 aliphatic rings. The van der Waals surface area contributed by atoms with Crippen molar-refractivity contribution in [1.82, 2.24) is 20.4 Å². The third-order valence-electron chi connectivity index (χ3n) is 4.23. The van der Waals surface area contributed by atoms with E-state index in [-0.39, 0.29) is 24.8 Å². The molecule has 0 unspecified atom stereocenters. The summed E-state index contributed by atoms with van der Waals surface area (Å²) in [6.07, 6.45) is 0.532. The van der Waals surface area contributed by atoms with Crippen molar-refractivity contribution in [3.63, 3.8) is 0 Å². The number of likely N-dealkylation sites (N-methyl/N-ethyl adjacent to an activating group) is 1. The number of amides is 2. The monoisotopic (exact) mass is 432 g/mol. The van der Waals surface area contributed by atoms with Crippen molar-refractivity contribution in [2.45, 2.75) is 26.3 Å². The molecule has 2 aromatic heterocycles. The first-order chi connectivity index (χ1) is 14.0. The number of rotatable bonds is 9. The van der Waals surface area contributed by atoms with Gasteiger partial charge in [0.1, 0.15) is 0 Å². The molecule has 0 spiro atoms. The van der Waals surface area contributed by atoms with Crippen LogP contribution in [0.4, 0.5) is 0 Å². The number of thiophene rings is 1. The van der Waals surface area contributed by atoms with E-state index in [0.717, 1.165) is 10.4 Å². The molecule has 2 heterocycles. The van der Waals surface area contributed by atoms with E-state index in [0.29, 0.717) is 36.2 Å². The Morgan fingerprint density at radius 1 is 1.24 bits per heavy atom. The third-order valence-corrected chi connectivity index (χ3v) is 5.35. The topological polar surface area (TPSA) is 88.3 Å². The standard InChI is InChI=1S/C20H21ClN4O3S/c1-2-25(13-17(26)22-12-14-5-7-15(21)8-6-14)19(27)10-9-18-23-20(24-28-18)16-4-3-11-29-16/h3-8,11H,2,9-10,12-13H2,1H3,(H,22,26). The number of hydrogen-bond donors (Lipinski definition) is 1. The van der Waals surface area contributed by atoms with Crippen molar-refractivity contribution in [3.05, 3.63) is 58.3 Å². The molecule has 3 rings (SSSR count). The molecule has 3 aromatic rings. The summed E-state index contributed by atoms with van der Waals surface area (Å²) in [5.41, 5.74) is 0.940. The summed E-state index contributed by atoms with van der Waals surface area (Å²) in [5.74, 6) is 0.583. The smallest absolute Gasteiger partial charge is 0.239 e. The molecule has 0 saturated carbocycles. The molecule has 1 aromatic carbocycles. The molecule has 1 N–H and O–H groups in total. The Labute approximate surface area is 177 Å². The first kappa shape index (κ1) is 21.0. The summed E-state index contributed by atoms with van der Waals surface area (Å²) in [7, 11) is 0. The fraction of sp³-hybridized carbons (Fsp3) is 0.300. The molecule has 152 valence electrons. The molecule has 2 amide bonds. The van der Waals surface area contributed by atoms with Gasteiger partial charge in [-0.3, -0.25) is 9.59 Å². The molecule has 9 heteroatoms. The summed E-state index contributed by atoms with van der Waals surface area (Å²) < 4.78 is 5.22. The number of nitrogens with zero attached hydrogens (tertiary/aromatic N) is 3. The second-order valence-electron chi connectivity index (χ2n) is 6.30. The Hall–Kier alpha value is -2.71. The zero-order chi connectivity index (χ0) is 20.6. The highest BCUT2D eigenvalue weighted by Gasteiger charge is 2.17. The van der Waals surface area contributed by atoms with Crippen LogP contribution in [-0.2, 0) is 22.6 Å². The normalized spacial score (nSPS) is 10.7. The molecule has 7 nitrogen and oxygen atoms in total. The second-order valence-corrected chi connectivity index (χ2v) is 7.68. The van der Waals surface area contributed by atoms with Crippen LogP contribution in [0.25, 0.3) is 10.7 Å². The lowest BCUT2D eigenvalue weighted by molar-refractivity contribution is -0.135. The average molecular weight is 433 g/mol. The Bertz CT molecular complexity index is 941. The van der Waals surface area contributed by atoms with E-state index in [2.05, 4.69) is 15.5 Å². The summed E-state index contributed by atoms with van der Waals surface area (Å²) >= 11 is 7.37. The summed E-state index contributed by atoms with van der Waals surface area (Å²) in [6, 6.07) is 11.1. The maximum absolute atomic E-state index is 12.5. The average Bonchev–Trinajstić information content (AvgIpc) is 3.41. The number of carbonyl (C=O) groups is 2. The lowest BCUT2D eigenvalue weighted by atomic mass is 10.2. The number of nitrogens with one attached hydrogen (secondary N) is 1. The predicted molar refractivity (Wildman–Crippen MR) is 111 cm³/mol. The number of benzene rings is 1. The minimum atomic E-state index is -0.215. The zero-order valence-corrected chi connectivity index (χ0v) is 17.5. The van der Waals surface area contributed by atoms with E-state index in [1.165, 1.54) is 16.2 Å². The number of carbonyl (C=O) groups excluding carboxylic acids is 2. The van der Waals surface area contributed by atoms with Crippen molar-refractivity contribution in [2.24, 2.45) is 0 Å². The molecule has 0 bridgehead atoms. The van der Waals surface area contributed by atoms with Crippen molar-refractivity contribution in [3.8, 4) is 10.7 Å². The molecule has 0 aliphatic heterocycles. The van der Waals surface area contributed by atoms with Crippen molar-refractivity contribution in [2.75, 3.05) is 13.1 Å². The molecule has 0 fully saturated rings. The van der Waals surface area contributed by atoms with E-state index < -0.39 is 0 Å². The first-order valence-corrected chi connectivity index (χ1v) is 10.5. The van der Waals surface area contributed by atoms with Gasteiger partial charge in [-0.05, 0) is 36.1 Å². The van der Waals surface area contributed by atoms with Gasteiger partial charge in [-0.2, -0.15) is 4.98 Å². The van der Waals surface area contributed by atoms with Crippen LogP contribution in [0.1, 0.15) is 24.8 Å². The van der Waals surface area contributed by atoms with Crippen LogP contribution in [0.15, 0.2) is 46.3 Å². The minimum absolute atomic E-state index is 0.00714. The molecular weight excluding hydrogens is 412 g/mol. The van der Waals surface area contributed by atoms with Gasteiger partial charge in [0, 0.05) is 31.0 Å². The van der Waals surface area contributed by atoms with Crippen LogP contribution in [0.3, 0.4) is 0 Å². The highest BCUT2D eigenvalue weighted by atomic mass is 35.5. The van der Waals surface area contributed by atoms with Gasteiger partial charge in [-0.15, -0.1) is 11.3 Å².